The number of carbonyl (C=O) groups is 3. The number of methoxy groups -OCH3 is 1. The van der Waals surface area contributed by atoms with Gasteiger partial charge in [-0.05, 0) is 45.0 Å². The van der Waals surface area contributed by atoms with Crippen LogP contribution in [0.1, 0.15) is 42.5 Å². The molecule has 8 nitrogen and oxygen atoms in total. The Kier molecular flexibility index (Phi) is 10.7. The smallest absolute Gasteiger partial charge is 0.243 e. The van der Waals surface area contributed by atoms with Crippen LogP contribution in [0.4, 0.5) is 0 Å². The summed E-state index contributed by atoms with van der Waals surface area (Å²) in [6.45, 7) is 0.887. The van der Waals surface area contributed by atoms with Crippen LogP contribution in [0, 0.1) is 0 Å². The second-order valence-electron chi connectivity index (χ2n) is 6.01. The first-order chi connectivity index (χ1) is 13.0. The number of carbonyl (C=O) groups excluding carboxylic acids is 3. The number of rotatable bonds is 13. The van der Waals surface area contributed by atoms with Crippen molar-refractivity contribution in [3.63, 3.8) is 0 Å². The highest BCUT2D eigenvalue weighted by atomic mass is 16.5. The molecule has 0 saturated heterocycles. The number of aldehydes is 1. The van der Waals surface area contributed by atoms with Gasteiger partial charge in [0.05, 0.1) is 25.3 Å². The minimum absolute atomic E-state index is 0.175. The van der Waals surface area contributed by atoms with Crippen LogP contribution >= 0.6 is 0 Å². The van der Waals surface area contributed by atoms with E-state index in [-0.39, 0.29) is 18.2 Å². The summed E-state index contributed by atoms with van der Waals surface area (Å²) in [6.07, 6.45) is 3.63. The number of hydrogen-bond donors (Lipinski definition) is 3. The van der Waals surface area contributed by atoms with Crippen molar-refractivity contribution in [3.8, 4) is 11.5 Å². The number of ether oxygens (including phenoxy) is 2. The topological polar surface area (TPSA) is 120 Å². The number of nitrogens with one attached hydrogen (secondary N) is 2. The van der Waals surface area contributed by atoms with Crippen LogP contribution in [-0.4, -0.2) is 51.5 Å². The summed E-state index contributed by atoms with van der Waals surface area (Å²) < 4.78 is 10.7. The largest absolute Gasteiger partial charge is 0.496 e. The molecular formula is C19H29N3O5. The lowest BCUT2D eigenvalue weighted by Gasteiger charge is -2.15. The van der Waals surface area contributed by atoms with Crippen LogP contribution in [0.25, 0.3) is 0 Å². The molecule has 2 amide bonds. The number of imide groups is 1. The molecule has 0 aliphatic rings. The van der Waals surface area contributed by atoms with Gasteiger partial charge in [-0.1, -0.05) is 6.42 Å². The van der Waals surface area contributed by atoms with Gasteiger partial charge in [0.2, 0.25) is 11.8 Å². The molecule has 0 aromatic heterocycles. The number of likely N-dealkylation sites (N-methyl/N-ethyl adjacent to an activating group) is 1. The molecule has 1 rings (SSSR count). The van der Waals surface area contributed by atoms with Gasteiger partial charge < -0.3 is 20.5 Å². The number of amides is 2. The Bertz CT molecular complexity index is 621. The predicted octanol–water partition coefficient (Wildman–Crippen LogP) is 1.03. The fourth-order valence-electron chi connectivity index (χ4n) is 2.49. The predicted molar refractivity (Wildman–Crippen MR) is 102 cm³/mol. The summed E-state index contributed by atoms with van der Waals surface area (Å²) in [7, 11) is 3.16. The van der Waals surface area contributed by atoms with Gasteiger partial charge in [0.25, 0.3) is 0 Å². The zero-order valence-electron chi connectivity index (χ0n) is 16.0. The van der Waals surface area contributed by atoms with Crippen LogP contribution < -0.4 is 25.8 Å². The Labute approximate surface area is 159 Å². The third-order valence-electron chi connectivity index (χ3n) is 4.02. The van der Waals surface area contributed by atoms with Crippen LogP contribution in [0.3, 0.4) is 0 Å². The van der Waals surface area contributed by atoms with Crippen molar-refractivity contribution in [2.24, 2.45) is 5.73 Å². The van der Waals surface area contributed by atoms with Gasteiger partial charge in [0.1, 0.15) is 11.5 Å². The van der Waals surface area contributed by atoms with Crippen molar-refractivity contribution >= 4 is 18.1 Å². The number of hydrogen-bond acceptors (Lipinski definition) is 7. The first-order valence-electron chi connectivity index (χ1n) is 9.02. The molecule has 1 aromatic carbocycles. The molecule has 0 saturated carbocycles. The Morgan fingerprint density at radius 3 is 2.67 bits per heavy atom. The zero-order valence-corrected chi connectivity index (χ0v) is 16.0. The van der Waals surface area contributed by atoms with E-state index >= 15 is 0 Å². The average molecular weight is 379 g/mol. The molecule has 4 N–H and O–H groups in total. The van der Waals surface area contributed by atoms with Crippen molar-refractivity contribution < 1.29 is 23.9 Å². The molecule has 0 radical (unpaired) electrons. The lowest BCUT2D eigenvalue weighted by Crippen LogP contribution is -2.45. The third kappa shape index (κ3) is 8.19. The zero-order chi connectivity index (χ0) is 20.1. The highest BCUT2D eigenvalue weighted by Crippen LogP contribution is 2.23. The van der Waals surface area contributed by atoms with Crippen LogP contribution in [0.2, 0.25) is 0 Å². The summed E-state index contributed by atoms with van der Waals surface area (Å²) in [5.74, 6) is 0.314. The van der Waals surface area contributed by atoms with E-state index in [0.717, 1.165) is 12.8 Å². The van der Waals surface area contributed by atoms with Crippen LogP contribution in [-0.2, 0) is 9.59 Å². The molecule has 1 aromatic rings. The second-order valence-corrected chi connectivity index (χ2v) is 6.01. The fourth-order valence-corrected chi connectivity index (χ4v) is 2.49. The lowest BCUT2D eigenvalue weighted by molar-refractivity contribution is -0.131. The molecule has 0 aliphatic carbocycles. The van der Waals surface area contributed by atoms with Gasteiger partial charge >= 0.3 is 0 Å². The Morgan fingerprint density at radius 1 is 1.26 bits per heavy atom. The summed E-state index contributed by atoms with van der Waals surface area (Å²) in [4.78, 5) is 34.8. The van der Waals surface area contributed by atoms with E-state index in [1.807, 2.05) is 0 Å². The van der Waals surface area contributed by atoms with Crippen molar-refractivity contribution in [1.82, 2.24) is 10.6 Å². The van der Waals surface area contributed by atoms with Crippen molar-refractivity contribution in [2.75, 3.05) is 27.3 Å². The van der Waals surface area contributed by atoms with E-state index in [1.54, 1.807) is 25.2 Å². The van der Waals surface area contributed by atoms with Gasteiger partial charge in [0, 0.05) is 12.5 Å². The van der Waals surface area contributed by atoms with E-state index in [0.29, 0.717) is 49.3 Å². The summed E-state index contributed by atoms with van der Waals surface area (Å²) >= 11 is 0. The standard InChI is InChI=1S/C19H29N3O5/c1-21-16(6-3-4-10-20)19(25)22-18(24)7-5-11-27-15-9-8-14(13-23)17(12-15)26-2/h8-9,12-13,16,21H,3-7,10-11,20H2,1-2H3,(H,22,24,25). The molecule has 0 aliphatic heterocycles. The highest BCUT2D eigenvalue weighted by molar-refractivity contribution is 5.97. The number of benzene rings is 1. The molecule has 27 heavy (non-hydrogen) atoms. The van der Waals surface area contributed by atoms with Gasteiger partial charge in [-0.2, -0.15) is 0 Å². The lowest BCUT2D eigenvalue weighted by atomic mass is 10.1. The van der Waals surface area contributed by atoms with Gasteiger partial charge in [0.15, 0.2) is 6.29 Å². The molecular weight excluding hydrogens is 350 g/mol. The number of unbranched alkanes of at least 4 members (excludes halogenated alkanes) is 1. The SMILES string of the molecule is CNC(CCCCN)C(=O)NC(=O)CCCOc1ccc(C=O)c(OC)c1. The molecule has 8 heteroatoms. The quantitative estimate of drug-likeness (QED) is 0.346. The van der Waals surface area contributed by atoms with E-state index in [1.165, 1.54) is 7.11 Å². The maximum Gasteiger partial charge on any atom is 0.243 e. The fraction of sp³-hybridized carbons (Fsp3) is 0.526. The van der Waals surface area contributed by atoms with Crippen LogP contribution in [0.5, 0.6) is 11.5 Å². The monoisotopic (exact) mass is 379 g/mol. The van der Waals surface area contributed by atoms with Crippen molar-refractivity contribution in [1.29, 1.82) is 0 Å². The summed E-state index contributed by atoms with van der Waals surface area (Å²) in [5, 5.41) is 5.31. The van der Waals surface area contributed by atoms with E-state index in [2.05, 4.69) is 10.6 Å². The maximum absolute atomic E-state index is 12.1. The van der Waals surface area contributed by atoms with Gasteiger partial charge in [-0.25, -0.2) is 0 Å². The Morgan fingerprint density at radius 2 is 2.04 bits per heavy atom. The molecule has 150 valence electrons. The van der Waals surface area contributed by atoms with E-state index in [9.17, 15) is 14.4 Å². The Hall–Kier alpha value is -2.45. The molecule has 1 atom stereocenters. The van der Waals surface area contributed by atoms with Crippen LogP contribution in [0.15, 0.2) is 18.2 Å². The average Bonchev–Trinajstić information content (AvgIpc) is 2.68. The normalized spacial score (nSPS) is 11.5. The third-order valence-corrected chi connectivity index (χ3v) is 4.02. The first-order valence-corrected chi connectivity index (χ1v) is 9.02. The summed E-state index contributed by atoms with van der Waals surface area (Å²) in [6, 6.07) is 4.48. The minimum atomic E-state index is -0.402. The highest BCUT2D eigenvalue weighted by Gasteiger charge is 2.18. The molecule has 0 fully saturated rings. The van der Waals surface area contributed by atoms with E-state index < -0.39 is 6.04 Å². The second kappa shape index (κ2) is 12.8. The molecule has 0 spiro atoms. The van der Waals surface area contributed by atoms with Crippen molar-refractivity contribution in [2.45, 2.75) is 38.1 Å². The maximum atomic E-state index is 12.1. The van der Waals surface area contributed by atoms with E-state index in [4.69, 9.17) is 15.2 Å². The van der Waals surface area contributed by atoms with Crippen molar-refractivity contribution in [3.05, 3.63) is 23.8 Å². The van der Waals surface area contributed by atoms with Gasteiger partial charge in [-0.3, -0.25) is 19.7 Å². The number of nitrogens with two attached hydrogens (primary N) is 1. The molecule has 0 heterocycles. The molecule has 1 unspecified atom stereocenters. The Balaban J connectivity index is 2.34. The summed E-state index contributed by atoms with van der Waals surface area (Å²) in [5.41, 5.74) is 5.88. The molecule has 0 bridgehead atoms. The van der Waals surface area contributed by atoms with Gasteiger partial charge in [-0.15, -0.1) is 0 Å². The minimum Gasteiger partial charge on any atom is -0.496 e. The first kappa shape index (κ1) is 22.6.